The predicted octanol–water partition coefficient (Wildman–Crippen LogP) is 5.51. The highest BCUT2D eigenvalue weighted by Gasteiger charge is 2.17. The van der Waals surface area contributed by atoms with E-state index in [1.165, 1.54) is 5.56 Å². The number of pyridine rings is 1. The molecule has 0 fully saturated rings. The van der Waals surface area contributed by atoms with Gasteiger partial charge in [-0.1, -0.05) is 37.3 Å². The van der Waals surface area contributed by atoms with Crippen LogP contribution in [0, 0.1) is 0 Å². The van der Waals surface area contributed by atoms with Gasteiger partial charge < -0.3 is 10.1 Å². The molecule has 0 unspecified atom stereocenters. The highest BCUT2D eigenvalue weighted by Crippen LogP contribution is 2.33. The first-order chi connectivity index (χ1) is 11.5. The second-order valence-corrected chi connectivity index (χ2v) is 6.67. The fourth-order valence-corrected chi connectivity index (χ4v) is 2.69. The van der Waals surface area contributed by atoms with Crippen LogP contribution in [-0.4, -0.2) is 17.6 Å². The normalized spacial score (nSPS) is 11.5. The van der Waals surface area contributed by atoms with E-state index >= 15 is 0 Å². The SMILES string of the molecule is CCC(C)(C)Nc1cc(-c2ccccc2)c2cc(OC)ccc2n1. The van der Waals surface area contributed by atoms with Crippen LogP contribution in [0.3, 0.4) is 0 Å². The quantitative estimate of drug-likeness (QED) is 0.673. The number of methoxy groups -OCH3 is 1. The Hall–Kier alpha value is -2.55. The van der Waals surface area contributed by atoms with Gasteiger partial charge in [0.2, 0.25) is 0 Å². The van der Waals surface area contributed by atoms with Crippen molar-refractivity contribution in [2.24, 2.45) is 0 Å². The molecule has 124 valence electrons. The molecule has 0 radical (unpaired) electrons. The summed E-state index contributed by atoms with van der Waals surface area (Å²) in [6, 6.07) is 18.6. The lowest BCUT2D eigenvalue weighted by Crippen LogP contribution is -2.30. The van der Waals surface area contributed by atoms with E-state index in [2.05, 4.69) is 62.5 Å². The molecule has 0 aliphatic rings. The van der Waals surface area contributed by atoms with Gasteiger partial charge in [0.05, 0.1) is 12.6 Å². The molecule has 3 heteroatoms. The van der Waals surface area contributed by atoms with Gasteiger partial charge in [-0.3, -0.25) is 0 Å². The number of hydrogen-bond acceptors (Lipinski definition) is 3. The van der Waals surface area contributed by atoms with Crippen molar-refractivity contribution in [2.75, 3.05) is 12.4 Å². The Balaban J connectivity index is 2.20. The Labute approximate surface area is 143 Å². The minimum absolute atomic E-state index is 0.00110. The van der Waals surface area contributed by atoms with Gasteiger partial charge in [-0.25, -0.2) is 4.98 Å². The fraction of sp³-hybridized carbons (Fsp3) is 0.286. The van der Waals surface area contributed by atoms with Crippen molar-refractivity contribution in [3.8, 4) is 16.9 Å². The Morgan fingerprint density at radius 1 is 1.04 bits per heavy atom. The summed E-state index contributed by atoms with van der Waals surface area (Å²) < 4.78 is 5.40. The molecule has 3 aromatic rings. The average Bonchev–Trinajstić information content (AvgIpc) is 2.61. The maximum absolute atomic E-state index is 5.40. The number of anilines is 1. The molecule has 0 spiro atoms. The van der Waals surface area contributed by atoms with Crippen molar-refractivity contribution in [2.45, 2.75) is 32.7 Å². The minimum Gasteiger partial charge on any atom is -0.497 e. The molecule has 0 atom stereocenters. The van der Waals surface area contributed by atoms with E-state index in [9.17, 15) is 0 Å². The molecule has 24 heavy (non-hydrogen) atoms. The Bertz CT molecular complexity index is 841. The molecule has 0 saturated heterocycles. The van der Waals surface area contributed by atoms with Crippen molar-refractivity contribution in [3.05, 3.63) is 54.6 Å². The monoisotopic (exact) mass is 320 g/mol. The van der Waals surface area contributed by atoms with Crippen molar-refractivity contribution < 1.29 is 4.74 Å². The first kappa shape index (κ1) is 16.3. The van der Waals surface area contributed by atoms with Gasteiger partial charge in [0.1, 0.15) is 11.6 Å². The van der Waals surface area contributed by atoms with E-state index in [4.69, 9.17) is 9.72 Å². The van der Waals surface area contributed by atoms with Crippen molar-refractivity contribution >= 4 is 16.7 Å². The van der Waals surface area contributed by atoms with Gasteiger partial charge in [0.25, 0.3) is 0 Å². The number of hydrogen-bond donors (Lipinski definition) is 1. The van der Waals surface area contributed by atoms with E-state index in [-0.39, 0.29) is 5.54 Å². The van der Waals surface area contributed by atoms with Gasteiger partial charge in [-0.2, -0.15) is 0 Å². The molecule has 3 rings (SSSR count). The standard InChI is InChI=1S/C21H24N2O/c1-5-21(2,3)23-20-14-17(15-9-7-6-8-10-15)18-13-16(24-4)11-12-19(18)22-20/h6-14H,5H2,1-4H3,(H,22,23). The smallest absolute Gasteiger partial charge is 0.127 e. The first-order valence-corrected chi connectivity index (χ1v) is 8.35. The Morgan fingerprint density at radius 3 is 2.46 bits per heavy atom. The molecule has 1 N–H and O–H groups in total. The number of fused-ring (bicyclic) bond motifs is 1. The maximum Gasteiger partial charge on any atom is 0.127 e. The van der Waals surface area contributed by atoms with Crippen LogP contribution in [0.25, 0.3) is 22.0 Å². The summed E-state index contributed by atoms with van der Waals surface area (Å²) in [4.78, 5) is 4.80. The molecular formula is C21H24N2O. The summed E-state index contributed by atoms with van der Waals surface area (Å²) in [5.41, 5.74) is 3.30. The molecule has 0 aliphatic carbocycles. The van der Waals surface area contributed by atoms with E-state index < -0.39 is 0 Å². The summed E-state index contributed by atoms with van der Waals surface area (Å²) >= 11 is 0. The van der Waals surface area contributed by atoms with Crippen molar-refractivity contribution in [3.63, 3.8) is 0 Å². The topological polar surface area (TPSA) is 34.1 Å². The van der Waals surface area contributed by atoms with Crippen LogP contribution in [0.15, 0.2) is 54.6 Å². The Kier molecular flexibility index (Phi) is 4.43. The van der Waals surface area contributed by atoms with Crippen LogP contribution in [0.2, 0.25) is 0 Å². The summed E-state index contributed by atoms with van der Waals surface area (Å²) in [6.07, 6.45) is 1.02. The highest BCUT2D eigenvalue weighted by molar-refractivity contribution is 5.96. The average molecular weight is 320 g/mol. The summed E-state index contributed by atoms with van der Waals surface area (Å²) in [5.74, 6) is 1.74. The second-order valence-electron chi connectivity index (χ2n) is 6.67. The predicted molar refractivity (Wildman–Crippen MR) is 102 cm³/mol. The second kappa shape index (κ2) is 6.52. The molecular weight excluding hydrogens is 296 g/mol. The van der Waals surface area contributed by atoms with Gasteiger partial charge >= 0.3 is 0 Å². The number of nitrogens with zero attached hydrogens (tertiary/aromatic N) is 1. The number of rotatable bonds is 5. The number of ether oxygens (including phenoxy) is 1. The minimum atomic E-state index is 0.00110. The van der Waals surface area contributed by atoms with E-state index in [1.807, 2.05) is 18.2 Å². The molecule has 0 bridgehead atoms. The summed E-state index contributed by atoms with van der Waals surface area (Å²) in [5, 5.41) is 4.65. The molecule has 0 saturated carbocycles. The largest absolute Gasteiger partial charge is 0.497 e. The molecule has 1 heterocycles. The van der Waals surface area contributed by atoms with Crippen molar-refractivity contribution in [1.29, 1.82) is 0 Å². The third kappa shape index (κ3) is 3.35. The van der Waals surface area contributed by atoms with Crippen LogP contribution in [0.4, 0.5) is 5.82 Å². The molecule has 0 amide bonds. The first-order valence-electron chi connectivity index (χ1n) is 8.35. The van der Waals surface area contributed by atoms with Gasteiger partial charge in [0, 0.05) is 10.9 Å². The zero-order valence-electron chi connectivity index (χ0n) is 14.8. The zero-order chi connectivity index (χ0) is 17.2. The van der Waals surface area contributed by atoms with Crippen LogP contribution >= 0.6 is 0 Å². The fourth-order valence-electron chi connectivity index (χ4n) is 2.69. The lowest BCUT2D eigenvalue weighted by molar-refractivity contribution is 0.415. The van der Waals surface area contributed by atoms with Crippen LogP contribution in [-0.2, 0) is 0 Å². The molecule has 3 nitrogen and oxygen atoms in total. The maximum atomic E-state index is 5.40. The lowest BCUT2D eigenvalue weighted by atomic mass is 9.99. The van der Waals surface area contributed by atoms with Gasteiger partial charge in [-0.15, -0.1) is 0 Å². The third-order valence-corrected chi connectivity index (χ3v) is 4.45. The van der Waals surface area contributed by atoms with Gasteiger partial charge in [0.15, 0.2) is 0 Å². The van der Waals surface area contributed by atoms with Crippen LogP contribution in [0.5, 0.6) is 5.75 Å². The van der Waals surface area contributed by atoms with Crippen molar-refractivity contribution in [1.82, 2.24) is 4.98 Å². The third-order valence-electron chi connectivity index (χ3n) is 4.45. The van der Waals surface area contributed by atoms with E-state index in [1.54, 1.807) is 7.11 Å². The highest BCUT2D eigenvalue weighted by atomic mass is 16.5. The van der Waals surface area contributed by atoms with Crippen LogP contribution in [0.1, 0.15) is 27.2 Å². The molecule has 0 aliphatic heterocycles. The molecule has 2 aromatic carbocycles. The Morgan fingerprint density at radius 2 is 1.79 bits per heavy atom. The number of benzene rings is 2. The van der Waals surface area contributed by atoms with Crippen LogP contribution < -0.4 is 10.1 Å². The summed E-state index contributed by atoms with van der Waals surface area (Å²) in [6.45, 7) is 6.56. The zero-order valence-corrected chi connectivity index (χ0v) is 14.8. The lowest BCUT2D eigenvalue weighted by Gasteiger charge is -2.26. The van der Waals surface area contributed by atoms with E-state index in [0.717, 1.165) is 34.5 Å². The number of nitrogens with one attached hydrogen (secondary N) is 1. The molecule has 1 aromatic heterocycles. The number of aromatic nitrogens is 1. The van der Waals surface area contributed by atoms with E-state index in [0.29, 0.717) is 0 Å². The van der Waals surface area contributed by atoms with Gasteiger partial charge in [-0.05, 0) is 55.7 Å². The summed E-state index contributed by atoms with van der Waals surface area (Å²) in [7, 11) is 1.69.